The molecule has 1 atom stereocenters. The molecule has 1 unspecified atom stereocenters. The van der Waals surface area contributed by atoms with Crippen molar-refractivity contribution in [2.24, 2.45) is 0 Å². The van der Waals surface area contributed by atoms with Crippen molar-refractivity contribution >= 4 is 27.5 Å². The van der Waals surface area contributed by atoms with Gasteiger partial charge in [0.1, 0.15) is 10.3 Å². The van der Waals surface area contributed by atoms with E-state index in [9.17, 15) is 13.2 Å². The third kappa shape index (κ3) is 3.22. The zero-order valence-electron chi connectivity index (χ0n) is 11.7. The summed E-state index contributed by atoms with van der Waals surface area (Å²) in [5.41, 5.74) is 0. The van der Waals surface area contributed by atoms with E-state index >= 15 is 0 Å². The highest BCUT2D eigenvalue weighted by molar-refractivity contribution is 7.91. The Balaban J connectivity index is 1.58. The molecule has 1 aliphatic carbocycles. The highest BCUT2D eigenvalue weighted by atomic mass is 32.2. The number of amides is 1. The van der Waals surface area contributed by atoms with Crippen molar-refractivity contribution in [3.8, 4) is 0 Å². The van der Waals surface area contributed by atoms with Gasteiger partial charge in [0.15, 0.2) is 0 Å². The van der Waals surface area contributed by atoms with E-state index in [1.807, 2.05) is 13.0 Å². The van der Waals surface area contributed by atoms with E-state index in [2.05, 4.69) is 4.72 Å². The summed E-state index contributed by atoms with van der Waals surface area (Å²) in [4.78, 5) is 14.4. The first-order chi connectivity index (χ1) is 9.99. The van der Waals surface area contributed by atoms with Crippen LogP contribution in [0.4, 0.5) is 4.79 Å². The maximum Gasteiger partial charge on any atom is 0.410 e. The van der Waals surface area contributed by atoms with Crippen molar-refractivity contribution in [2.45, 2.75) is 42.5 Å². The predicted molar refractivity (Wildman–Crippen MR) is 78.9 cm³/mol. The number of cyclic esters (lactones) is 1. The molecule has 1 saturated heterocycles. The molecular weight excluding hydrogens is 312 g/mol. The molecule has 1 saturated carbocycles. The molecular formula is C13H18N2O4S2. The summed E-state index contributed by atoms with van der Waals surface area (Å²) in [6.45, 7) is 2.58. The van der Waals surface area contributed by atoms with Gasteiger partial charge in [0.25, 0.3) is 0 Å². The molecule has 1 aromatic heterocycles. The monoisotopic (exact) mass is 330 g/mol. The zero-order valence-corrected chi connectivity index (χ0v) is 13.4. The van der Waals surface area contributed by atoms with Gasteiger partial charge >= 0.3 is 6.09 Å². The Morgan fingerprint density at radius 1 is 1.43 bits per heavy atom. The van der Waals surface area contributed by atoms with E-state index in [0.717, 1.165) is 24.1 Å². The number of hydrogen-bond acceptors (Lipinski definition) is 5. The second-order valence-electron chi connectivity index (χ2n) is 5.32. The second kappa shape index (κ2) is 5.58. The van der Waals surface area contributed by atoms with Crippen LogP contribution in [0.2, 0.25) is 0 Å². The van der Waals surface area contributed by atoms with Gasteiger partial charge < -0.3 is 9.64 Å². The van der Waals surface area contributed by atoms with E-state index < -0.39 is 16.1 Å². The van der Waals surface area contributed by atoms with Gasteiger partial charge in [-0.25, -0.2) is 17.9 Å². The summed E-state index contributed by atoms with van der Waals surface area (Å²) in [7, 11) is -3.52. The number of carbonyl (C=O) groups excluding carboxylic acids is 1. The van der Waals surface area contributed by atoms with Gasteiger partial charge in [0, 0.05) is 17.5 Å². The first-order valence-corrected chi connectivity index (χ1v) is 9.35. The molecule has 2 heterocycles. The summed E-state index contributed by atoms with van der Waals surface area (Å²) >= 11 is 1.27. The minimum Gasteiger partial charge on any atom is -0.443 e. The largest absolute Gasteiger partial charge is 0.443 e. The first kappa shape index (κ1) is 14.8. The Morgan fingerprint density at radius 2 is 2.19 bits per heavy atom. The number of thiophene rings is 1. The Labute approximate surface area is 128 Å². The second-order valence-corrected chi connectivity index (χ2v) is 8.48. The lowest BCUT2D eigenvalue weighted by molar-refractivity contribution is 0.133. The Hall–Kier alpha value is -1.12. The van der Waals surface area contributed by atoms with Crippen molar-refractivity contribution in [1.29, 1.82) is 0 Å². The molecule has 0 radical (unpaired) electrons. The lowest BCUT2D eigenvalue weighted by Crippen LogP contribution is -2.34. The zero-order chi connectivity index (χ0) is 15.0. The minimum atomic E-state index is -3.52. The molecule has 1 amide bonds. The molecule has 8 heteroatoms. The van der Waals surface area contributed by atoms with Crippen LogP contribution >= 0.6 is 11.3 Å². The fourth-order valence-corrected chi connectivity index (χ4v) is 4.70. The van der Waals surface area contributed by atoms with Crippen LogP contribution in [-0.2, 0) is 21.2 Å². The van der Waals surface area contributed by atoms with Crippen molar-refractivity contribution in [2.75, 3.05) is 13.1 Å². The van der Waals surface area contributed by atoms with Crippen LogP contribution < -0.4 is 4.72 Å². The highest BCUT2D eigenvalue weighted by Gasteiger charge is 2.41. The molecule has 1 N–H and O–H groups in total. The number of nitrogens with one attached hydrogen (secondary N) is 1. The van der Waals surface area contributed by atoms with Crippen LogP contribution in [-0.4, -0.2) is 44.6 Å². The molecule has 2 aliphatic rings. The lowest BCUT2D eigenvalue weighted by Gasteiger charge is -2.11. The van der Waals surface area contributed by atoms with Gasteiger partial charge in [-0.1, -0.05) is 6.92 Å². The molecule has 6 nitrogen and oxygen atoms in total. The Morgan fingerprint density at radius 3 is 2.81 bits per heavy atom. The number of sulfonamides is 1. The summed E-state index contributed by atoms with van der Waals surface area (Å²) in [6.07, 6.45) is 2.12. The van der Waals surface area contributed by atoms with Gasteiger partial charge in [-0.15, -0.1) is 11.3 Å². The summed E-state index contributed by atoms with van der Waals surface area (Å²) in [6, 6.07) is 3.73. The lowest BCUT2D eigenvalue weighted by atomic mass is 10.3. The number of aryl methyl sites for hydroxylation is 1. The molecule has 0 aromatic carbocycles. The smallest absolute Gasteiger partial charge is 0.410 e. The third-order valence-electron chi connectivity index (χ3n) is 3.64. The quantitative estimate of drug-likeness (QED) is 0.859. The van der Waals surface area contributed by atoms with Crippen LogP contribution in [0.1, 0.15) is 24.6 Å². The number of hydrogen-bond donors (Lipinski definition) is 1. The SMILES string of the molecule is CCc1ccc(S(=O)(=O)NCC2CN(C3CC3)C(=O)O2)s1. The van der Waals surface area contributed by atoms with E-state index in [1.54, 1.807) is 11.0 Å². The third-order valence-corrected chi connectivity index (χ3v) is 6.79. The van der Waals surface area contributed by atoms with Crippen molar-refractivity contribution in [1.82, 2.24) is 9.62 Å². The van der Waals surface area contributed by atoms with E-state index in [-0.39, 0.29) is 12.6 Å². The van der Waals surface area contributed by atoms with E-state index in [1.165, 1.54) is 11.3 Å². The Kier molecular flexibility index (Phi) is 3.94. The topological polar surface area (TPSA) is 75.7 Å². The summed E-state index contributed by atoms with van der Waals surface area (Å²) in [5, 5.41) is 0. The van der Waals surface area contributed by atoms with Crippen LogP contribution in [0.5, 0.6) is 0 Å². The molecule has 21 heavy (non-hydrogen) atoms. The molecule has 2 fully saturated rings. The van der Waals surface area contributed by atoms with Gasteiger partial charge in [-0.05, 0) is 31.4 Å². The van der Waals surface area contributed by atoms with Gasteiger partial charge in [-0.2, -0.15) is 0 Å². The van der Waals surface area contributed by atoms with Crippen molar-refractivity contribution < 1.29 is 17.9 Å². The molecule has 3 rings (SSSR count). The summed E-state index contributed by atoms with van der Waals surface area (Å²) < 4.78 is 32.4. The molecule has 0 spiro atoms. The number of carbonyl (C=O) groups is 1. The molecule has 1 aliphatic heterocycles. The molecule has 0 bridgehead atoms. The normalized spacial score (nSPS) is 22.6. The predicted octanol–water partition coefficient (Wildman–Crippen LogP) is 1.57. The Bertz CT molecular complexity index is 636. The van der Waals surface area contributed by atoms with E-state index in [4.69, 9.17) is 4.74 Å². The van der Waals surface area contributed by atoms with Crippen molar-refractivity contribution in [3.63, 3.8) is 0 Å². The number of ether oxygens (including phenoxy) is 1. The highest BCUT2D eigenvalue weighted by Crippen LogP contribution is 2.30. The average Bonchev–Trinajstić information content (AvgIpc) is 3.04. The maximum atomic E-state index is 12.2. The number of nitrogens with zero attached hydrogens (tertiary/aromatic N) is 1. The van der Waals surface area contributed by atoms with Gasteiger partial charge in [0.05, 0.1) is 6.54 Å². The maximum absolute atomic E-state index is 12.2. The van der Waals surface area contributed by atoms with Gasteiger partial charge in [0.2, 0.25) is 10.0 Å². The van der Waals surface area contributed by atoms with E-state index in [0.29, 0.717) is 16.8 Å². The fraction of sp³-hybridized carbons (Fsp3) is 0.615. The number of rotatable bonds is 6. The molecule has 116 valence electrons. The van der Waals surface area contributed by atoms with Crippen LogP contribution in [0, 0.1) is 0 Å². The summed E-state index contributed by atoms with van der Waals surface area (Å²) in [5.74, 6) is 0. The van der Waals surface area contributed by atoms with Gasteiger partial charge in [-0.3, -0.25) is 0 Å². The van der Waals surface area contributed by atoms with Crippen LogP contribution in [0.25, 0.3) is 0 Å². The van der Waals surface area contributed by atoms with Crippen molar-refractivity contribution in [3.05, 3.63) is 17.0 Å². The van der Waals surface area contributed by atoms with Crippen LogP contribution in [0.15, 0.2) is 16.3 Å². The molecule has 1 aromatic rings. The fourth-order valence-electron chi connectivity index (χ4n) is 2.30. The average molecular weight is 330 g/mol. The van der Waals surface area contributed by atoms with Crippen LogP contribution in [0.3, 0.4) is 0 Å². The minimum absolute atomic E-state index is 0.122. The standard InChI is InChI=1S/C13H18N2O4S2/c1-2-11-5-6-12(20-11)21(17,18)14-7-10-8-15(9-3-4-9)13(16)19-10/h5-6,9-10,14H,2-4,7-8H2,1H3. The first-order valence-electron chi connectivity index (χ1n) is 7.05.